The molecule has 13 heteroatoms. The smallest absolute Gasteiger partial charge is 0.319 e. The van der Waals surface area contributed by atoms with Crippen molar-refractivity contribution >= 4 is 29.8 Å². The highest BCUT2D eigenvalue weighted by atomic mass is 16.5. The van der Waals surface area contributed by atoms with Crippen molar-refractivity contribution in [2.75, 3.05) is 93.9 Å². The van der Waals surface area contributed by atoms with Gasteiger partial charge in [0.2, 0.25) is 5.91 Å². The first-order chi connectivity index (χ1) is 18.6. The number of ether oxygens (including phenoxy) is 4. The Labute approximate surface area is 238 Å². The van der Waals surface area contributed by atoms with Crippen LogP contribution in [0.15, 0.2) is 0 Å². The Morgan fingerprint density at radius 3 is 1.23 bits per heavy atom. The van der Waals surface area contributed by atoms with E-state index in [0.29, 0.717) is 13.1 Å². The van der Waals surface area contributed by atoms with Crippen LogP contribution < -0.4 is 5.32 Å². The first-order valence-electron chi connectivity index (χ1n) is 13.3. The van der Waals surface area contributed by atoms with Gasteiger partial charge >= 0.3 is 23.9 Å². The molecule has 0 radical (unpaired) electrons. The Kier molecular flexibility index (Phi) is 17.3. The lowest BCUT2D eigenvalue weighted by Gasteiger charge is -2.39. The first kappa shape index (κ1) is 37.2. The van der Waals surface area contributed by atoms with Crippen molar-refractivity contribution < 1.29 is 42.9 Å². The van der Waals surface area contributed by atoms with Crippen molar-refractivity contribution in [3.8, 4) is 0 Å². The van der Waals surface area contributed by atoms with Gasteiger partial charge in [0, 0.05) is 32.7 Å². The summed E-state index contributed by atoms with van der Waals surface area (Å²) in [6.45, 7) is 11.9. The maximum atomic E-state index is 12.7. The molecule has 0 saturated carbocycles. The third-order valence-corrected chi connectivity index (χ3v) is 7.26. The maximum absolute atomic E-state index is 12.7. The molecule has 0 bridgehead atoms. The van der Waals surface area contributed by atoms with Crippen molar-refractivity contribution in [2.24, 2.45) is 10.8 Å². The van der Waals surface area contributed by atoms with E-state index in [1.54, 1.807) is 14.7 Å². The summed E-state index contributed by atoms with van der Waals surface area (Å²) in [7, 11) is 5.05. The van der Waals surface area contributed by atoms with Gasteiger partial charge in [0.15, 0.2) is 0 Å². The molecule has 0 spiro atoms. The summed E-state index contributed by atoms with van der Waals surface area (Å²) in [5, 5.41) is 2.93. The Morgan fingerprint density at radius 1 is 0.550 bits per heavy atom. The van der Waals surface area contributed by atoms with Crippen LogP contribution in [0.3, 0.4) is 0 Å². The lowest BCUT2D eigenvalue weighted by atomic mass is 9.67. The second-order valence-electron chi connectivity index (χ2n) is 11.2. The highest BCUT2D eigenvalue weighted by Crippen LogP contribution is 2.40. The van der Waals surface area contributed by atoms with E-state index in [2.05, 4.69) is 39.9 Å². The van der Waals surface area contributed by atoms with Crippen LogP contribution in [-0.4, -0.2) is 138 Å². The van der Waals surface area contributed by atoms with Gasteiger partial charge in [-0.1, -0.05) is 34.6 Å². The lowest BCUT2D eigenvalue weighted by Crippen LogP contribution is -2.47. The van der Waals surface area contributed by atoms with E-state index < -0.39 is 23.9 Å². The molecule has 13 nitrogen and oxygen atoms in total. The largest absolute Gasteiger partial charge is 0.468 e. The second-order valence-corrected chi connectivity index (χ2v) is 11.2. The topological polar surface area (TPSA) is 144 Å². The summed E-state index contributed by atoms with van der Waals surface area (Å²) < 4.78 is 19.0. The summed E-state index contributed by atoms with van der Waals surface area (Å²) in [5.74, 6) is -2.25. The van der Waals surface area contributed by atoms with E-state index in [4.69, 9.17) is 18.9 Å². The SMILES string of the molecule is COC(=O)CN(CCN(CC(=O)NCCC(C)(C)C(C)(C)C)CC(=O)OC)CCN(CC(=O)OC)CC(=O)OC. The van der Waals surface area contributed by atoms with Gasteiger partial charge in [-0.25, -0.2) is 0 Å². The Bertz CT molecular complexity index is 809. The van der Waals surface area contributed by atoms with Crippen LogP contribution in [0.1, 0.15) is 41.0 Å². The van der Waals surface area contributed by atoms with Crippen LogP contribution in [0.5, 0.6) is 0 Å². The molecule has 0 unspecified atom stereocenters. The van der Waals surface area contributed by atoms with Gasteiger partial charge in [0.05, 0.1) is 61.2 Å². The monoisotopic (exact) mass is 574 g/mol. The molecule has 0 aliphatic carbocycles. The molecule has 232 valence electrons. The zero-order valence-electron chi connectivity index (χ0n) is 25.8. The van der Waals surface area contributed by atoms with Crippen LogP contribution in [0.4, 0.5) is 0 Å². The van der Waals surface area contributed by atoms with E-state index in [0.717, 1.165) is 6.42 Å². The summed E-state index contributed by atoms with van der Waals surface area (Å²) in [4.78, 5) is 65.3. The van der Waals surface area contributed by atoms with Gasteiger partial charge in [-0.3, -0.25) is 38.7 Å². The zero-order valence-corrected chi connectivity index (χ0v) is 25.8. The molecule has 40 heavy (non-hydrogen) atoms. The number of carbonyl (C=O) groups is 5. The molecule has 1 amide bonds. The molecular formula is C27H50N4O9. The Balaban J connectivity index is 5.33. The molecule has 0 aromatic carbocycles. The number of esters is 4. The normalized spacial score (nSPS) is 11.9. The number of hydrogen-bond donors (Lipinski definition) is 1. The van der Waals surface area contributed by atoms with Gasteiger partial charge in [-0.2, -0.15) is 0 Å². The van der Waals surface area contributed by atoms with Gasteiger partial charge in [0.1, 0.15) is 0 Å². The molecule has 0 rings (SSSR count). The number of nitrogens with zero attached hydrogens (tertiary/aromatic N) is 3. The fourth-order valence-electron chi connectivity index (χ4n) is 3.40. The summed E-state index contributed by atoms with van der Waals surface area (Å²) in [6.07, 6.45) is 0.791. The van der Waals surface area contributed by atoms with Crippen LogP contribution in [0, 0.1) is 10.8 Å². The molecule has 0 heterocycles. The fourth-order valence-corrected chi connectivity index (χ4v) is 3.40. The van der Waals surface area contributed by atoms with E-state index in [9.17, 15) is 24.0 Å². The lowest BCUT2D eigenvalue weighted by molar-refractivity contribution is -0.146. The number of amides is 1. The van der Waals surface area contributed by atoms with E-state index in [-0.39, 0.29) is 69.1 Å². The summed E-state index contributed by atoms with van der Waals surface area (Å²) in [6, 6.07) is 0. The average Bonchev–Trinajstić information content (AvgIpc) is 2.88. The van der Waals surface area contributed by atoms with Crippen LogP contribution >= 0.6 is 0 Å². The summed E-state index contributed by atoms with van der Waals surface area (Å²) >= 11 is 0. The highest BCUT2D eigenvalue weighted by Gasteiger charge is 2.32. The number of carbonyl (C=O) groups excluding carboxylic acids is 5. The molecule has 1 N–H and O–H groups in total. The third-order valence-electron chi connectivity index (χ3n) is 7.26. The van der Waals surface area contributed by atoms with E-state index in [1.165, 1.54) is 28.4 Å². The molecular weight excluding hydrogens is 524 g/mol. The van der Waals surface area contributed by atoms with Crippen molar-refractivity contribution in [1.82, 2.24) is 20.0 Å². The first-order valence-corrected chi connectivity index (χ1v) is 13.3. The van der Waals surface area contributed by atoms with Crippen molar-refractivity contribution in [2.45, 2.75) is 41.0 Å². The summed E-state index contributed by atoms with van der Waals surface area (Å²) in [5.41, 5.74) is 0.0804. The molecule has 0 saturated heterocycles. The van der Waals surface area contributed by atoms with Gasteiger partial charge in [-0.15, -0.1) is 0 Å². The van der Waals surface area contributed by atoms with E-state index >= 15 is 0 Å². The minimum atomic E-state index is -0.524. The second kappa shape index (κ2) is 18.6. The van der Waals surface area contributed by atoms with Crippen LogP contribution in [0.25, 0.3) is 0 Å². The highest BCUT2D eigenvalue weighted by molar-refractivity contribution is 5.79. The molecule has 0 atom stereocenters. The fraction of sp³-hybridized carbons (Fsp3) is 0.815. The van der Waals surface area contributed by atoms with Crippen LogP contribution in [-0.2, 0) is 42.9 Å². The predicted octanol–water partition coefficient (Wildman–Crippen LogP) is 0.163. The number of nitrogens with one attached hydrogen (secondary N) is 1. The molecule has 0 fully saturated rings. The number of hydrogen-bond acceptors (Lipinski definition) is 12. The molecule has 0 aliphatic heterocycles. The quantitative estimate of drug-likeness (QED) is 0.166. The molecule has 0 aromatic rings. The average molecular weight is 575 g/mol. The third kappa shape index (κ3) is 15.7. The standard InChI is InChI=1S/C27H50N4O9/c1-26(2,3)27(4,5)10-11-28-21(32)16-30(18-23(34)38-7)14-12-29(17-22(33)37-6)13-15-31(19-24(35)39-8)20-25(36)40-9/h10-20H2,1-9H3,(H,28,32). The van der Waals surface area contributed by atoms with Crippen LogP contribution in [0.2, 0.25) is 0 Å². The maximum Gasteiger partial charge on any atom is 0.319 e. The van der Waals surface area contributed by atoms with Gasteiger partial charge in [0.25, 0.3) is 0 Å². The number of rotatable bonds is 19. The minimum Gasteiger partial charge on any atom is -0.468 e. The predicted molar refractivity (Wildman–Crippen MR) is 148 cm³/mol. The number of methoxy groups -OCH3 is 4. The molecule has 0 aliphatic rings. The van der Waals surface area contributed by atoms with Crippen molar-refractivity contribution in [3.05, 3.63) is 0 Å². The minimum absolute atomic E-state index is 0.00991. The zero-order chi connectivity index (χ0) is 30.9. The Morgan fingerprint density at radius 2 is 0.875 bits per heavy atom. The van der Waals surface area contributed by atoms with Gasteiger partial charge < -0.3 is 24.3 Å². The Hall–Kier alpha value is -2.77. The molecule has 0 aromatic heterocycles. The van der Waals surface area contributed by atoms with Crippen molar-refractivity contribution in [1.29, 1.82) is 0 Å². The van der Waals surface area contributed by atoms with Gasteiger partial charge in [-0.05, 0) is 17.3 Å². The van der Waals surface area contributed by atoms with E-state index in [1.807, 2.05) is 0 Å². The van der Waals surface area contributed by atoms with Crippen molar-refractivity contribution in [3.63, 3.8) is 0 Å².